The summed E-state index contributed by atoms with van der Waals surface area (Å²) in [5.74, 6) is 0.531. The Morgan fingerprint density at radius 3 is 2.42 bits per heavy atom. The monoisotopic (exact) mass is 163 g/mol. The van der Waals surface area contributed by atoms with E-state index in [0.717, 1.165) is 0 Å². The summed E-state index contributed by atoms with van der Waals surface area (Å²) in [5, 5.41) is 10.2. The second-order valence-electron chi connectivity index (χ2n) is 2.06. The zero-order chi connectivity index (χ0) is 8.97. The molecule has 0 unspecified atom stereocenters. The Balaban J connectivity index is 2.78. The second-order valence-corrected chi connectivity index (χ2v) is 2.06. The number of ether oxygens (including phenoxy) is 1. The molecule has 0 aromatic heterocycles. The minimum Gasteiger partial charge on any atom is -0.504 e. The molecule has 0 atom stereocenters. The van der Waals surface area contributed by atoms with Crippen molar-refractivity contribution in [1.29, 1.82) is 0 Å². The lowest BCUT2D eigenvalue weighted by Gasteiger charge is -2.00. The molecule has 0 N–H and O–H groups in total. The number of rotatable bonds is 3. The molecule has 1 rings (SSSR count). The summed E-state index contributed by atoms with van der Waals surface area (Å²) in [5.41, 5.74) is 0.0411. The van der Waals surface area contributed by atoms with Crippen LogP contribution in [0.4, 0.5) is 5.69 Å². The molecular weight excluding hydrogens is 157 g/mol. The molecule has 0 fully saturated rings. The van der Waals surface area contributed by atoms with Gasteiger partial charge in [0.25, 0.3) is 5.69 Å². The van der Waals surface area contributed by atoms with Gasteiger partial charge in [-0.05, 0) is 12.1 Å². The zero-order valence-corrected chi connectivity index (χ0v) is 6.27. The number of nitro benzene ring substituents is 1. The van der Waals surface area contributed by atoms with E-state index < -0.39 is 4.92 Å². The maximum atomic E-state index is 10.2. The lowest BCUT2D eigenvalue weighted by atomic mass is 10.2. The van der Waals surface area contributed by atoms with Gasteiger partial charge in [0, 0.05) is 18.6 Å². The molecule has 0 saturated carbocycles. The quantitative estimate of drug-likeness (QED) is 0.380. The van der Waals surface area contributed by atoms with Crippen molar-refractivity contribution in [2.24, 2.45) is 0 Å². The molecule has 0 aliphatic carbocycles. The molecule has 0 aliphatic rings. The summed E-state index contributed by atoms with van der Waals surface area (Å²) >= 11 is 0. The van der Waals surface area contributed by atoms with Crippen molar-refractivity contribution in [3.63, 3.8) is 0 Å². The van der Waals surface area contributed by atoms with E-state index in [2.05, 4.69) is 0 Å². The van der Waals surface area contributed by atoms with Crippen LogP contribution in [-0.2, 0) is 0 Å². The number of nitrogens with zero attached hydrogens (tertiary/aromatic N) is 1. The van der Waals surface area contributed by atoms with E-state index in [0.29, 0.717) is 5.75 Å². The molecule has 0 bridgehead atoms. The van der Waals surface area contributed by atoms with E-state index in [1.165, 1.54) is 24.3 Å². The second kappa shape index (κ2) is 3.76. The molecule has 1 aromatic carbocycles. The number of hydrogen-bond donors (Lipinski definition) is 0. The Labute approximate surface area is 70.7 Å². The van der Waals surface area contributed by atoms with Crippen molar-refractivity contribution in [1.82, 2.24) is 0 Å². The van der Waals surface area contributed by atoms with Gasteiger partial charge in [-0.3, -0.25) is 10.1 Å². The van der Waals surface area contributed by atoms with Gasteiger partial charge in [-0.1, -0.05) is 0 Å². The van der Waals surface area contributed by atoms with E-state index in [1.54, 1.807) is 0 Å². The van der Waals surface area contributed by atoms with Gasteiger partial charge in [-0.15, -0.1) is 0 Å². The van der Waals surface area contributed by atoms with Gasteiger partial charge in [0.15, 0.2) is 0 Å². The molecule has 0 saturated heterocycles. The van der Waals surface area contributed by atoms with Crippen LogP contribution in [0.2, 0.25) is 0 Å². The fourth-order valence-corrected chi connectivity index (χ4v) is 0.760. The van der Waals surface area contributed by atoms with Gasteiger partial charge in [0.1, 0.15) is 13.6 Å². The van der Waals surface area contributed by atoms with Gasteiger partial charge >= 0.3 is 0 Å². The van der Waals surface area contributed by atoms with Crippen LogP contribution >= 0.6 is 0 Å². The van der Waals surface area contributed by atoms with E-state index in [4.69, 9.17) is 12.6 Å². The van der Waals surface area contributed by atoms with Gasteiger partial charge in [-0.25, -0.2) is 0 Å². The van der Waals surface area contributed by atoms with E-state index in [9.17, 15) is 10.1 Å². The summed E-state index contributed by atoms with van der Waals surface area (Å²) in [6.07, 6.45) is 0. The molecule has 2 radical (unpaired) electrons. The van der Waals surface area contributed by atoms with Crippen molar-refractivity contribution < 1.29 is 9.66 Å². The fraction of sp³-hybridized carbons (Fsp3) is 0.143. The molecule has 0 spiro atoms. The van der Waals surface area contributed by atoms with Crippen LogP contribution in [0, 0.1) is 10.1 Å². The molecule has 0 aliphatic heterocycles. The van der Waals surface area contributed by atoms with Crippen LogP contribution in [0.5, 0.6) is 5.75 Å². The minimum absolute atomic E-state index is 0.0411. The normalized spacial score (nSPS) is 9.33. The van der Waals surface area contributed by atoms with Crippen LogP contribution in [0.3, 0.4) is 0 Å². The highest BCUT2D eigenvalue weighted by Crippen LogP contribution is 2.16. The average molecular weight is 163 g/mol. The summed E-state index contributed by atoms with van der Waals surface area (Å²) in [6, 6.07) is 5.74. The maximum Gasteiger partial charge on any atom is 0.269 e. The van der Waals surface area contributed by atoms with Gasteiger partial charge in [0.05, 0.1) is 4.92 Å². The molecular formula is C7H6BNO3. The standard InChI is InChI=1S/C7H6BNO3/c8-5-12-7-3-1-6(2-4-7)9(10)11/h1-4H,5H2. The molecule has 1 aromatic rings. The number of hydrogen-bond acceptors (Lipinski definition) is 3. The first kappa shape index (κ1) is 8.58. The first-order valence-electron chi connectivity index (χ1n) is 3.31. The summed E-state index contributed by atoms with van der Waals surface area (Å²) in [4.78, 5) is 9.74. The molecule has 60 valence electrons. The predicted molar refractivity (Wildman–Crippen MR) is 44.3 cm³/mol. The van der Waals surface area contributed by atoms with Crippen molar-refractivity contribution in [2.75, 3.05) is 6.51 Å². The first-order valence-corrected chi connectivity index (χ1v) is 3.31. The third kappa shape index (κ3) is 1.98. The Hall–Kier alpha value is -1.52. The van der Waals surface area contributed by atoms with Crippen molar-refractivity contribution in [2.45, 2.75) is 0 Å². The highest BCUT2D eigenvalue weighted by Gasteiger charge is 2.02. The lowest BCUT2D eigenvalue weighted by Crippen LogP contribution is -1.95. The van der Waals surface area contributed by atoms with E-state index in [1.807, 2.05) is 0 Å². The van der Waals surface area contributed by atoms with Crippen LogP contribution in [-0.4, -0.2) is 19.3 Å². The Kier molecular flexibility index (Phi) is 2.69. The highest BCUT2D eigenvalue weighted by molar-refractivity contribution is 6.08. The SMILES string of the molecule is [B]COc1ccc([N+](=O)[O-])cc1. The Bertz CT molecular complexity index is 272. The van der Waals surface area contributed by atoms with Crippen LogP contribution in [0.25, 0.3) is 0 Å². The highest BCUT2D eigenvalue weighted by atomic mass is 16.6. The molecule has 12 heavy (non-hydrogen) atoms. The maximum absolute atomic E-state index is 10.2. The first-order chi connectivity index (χ1) is 5.74. The number of nitro groups is 1. The summed E-state index contributed by atoms with van der Waals surface area (Å²) < 4.78 is 4.90. The number of non-ortho nitro benzene ring substituents is 1. The molecule has 0 heterocycles. The van der Waals surface area contributed by atoms with E-state index in [-0.39, 0.29) is 12.2 Å². The summed E-state index contributed by atoms with van der Waals surface area (Å²) in [7, 11) is 5.10. The zero-order valence-electron chi connectivity index (χ0n) is 6.27. The van der Waals surface area contributed by atoms with Crippen molar-refractivity contribution in [3.8, 4) is 5.75 Å². The number of benzene rings is 1. The third-order valence-corrected chi connectivity index (χ3v) is 1.30. The van der Waals surface area contributed by atoms with Crippen molar-refractivity contribution in [3.05, 3.63) is 34.4 Å². The van der Waals surface area contributed by atoms with Gasteiger partial charge in [-0.2, -0.15) is 0 Å². The fourth-order valence-electron chi connectivity index (χ4n) is 0.760. The minimum atomic E-state index is -0.466. The smallest absolute Gasteiger partial charge is 0.269 e. The summed E-state index contributed by atoms with van der Waals surface area (Å²) in [6.45, 7) is 0.0673. The van der Waals surface area contributed by atoms with Crippen LogP contribution in [0.15, 0.2) is 24.3 Å². The average Bonchev–Trinajstić information content (AvgIpc) is 2.06. The predicted octanol–water partition coefficient (Wildman–Crippen LogP) is 1.10. The largest absolute Gasteiger partial charge is 0.504 e. The lowest BCUT2D eigenvalue weighted by molar-refractivity contribution is -0.384. The van der Waals surface area contributed by atoms with Gasteiger partial charge in [0.2, 0.25) is 0 Å². The van der Waals surface area contributed by atoms with E-state index >= 15 is 0 Å². The van der Waals surface area contributed by atoms with Gasteiger partial charge < -0.3 is 4.74 Å². The molecule has 4 nitrogen and oxygen atoms in total. The molecule has 0 amide bonds. The van der Waals surface area contributed by atoms with Crippen molar-refractivity contribution >= 4 is 13.5 Å². The third-order valence-electron chi connectivity index (χ3n) is 1.30. The topological polar surface area (TPSA) is 52.4 Å². The Morgan fingerprint density at radius 2 is 2.00 bits per heavy atom. The molecule has 5 heteroatoms. The van der Waals surface area contributed by atoms with Crippen LogP contribution in [0.1, 0.15) is 0 Å². The van der Waals surface area contributed by atoms with Crippen LogP contribution < -0.4 is 4.74 Å². The Morgan fingerprint density at radius 1 is 1.42 bits per heavy atom.